The van der Waals surface area contributed by atoms with E-state index in [1.807, 2.05) is 6.08 Å². The molecule has 4 nitrogen and oxygen atoms in total. The van der Waals surface area contributed by atoms with Crippen molar-refractivity contribution in [3.8, 4) is 0 Å². The van der Waals surface area contributed by atoms with Crippen LogP contribution in [0, 0.1) is 0 Å². The Balaban J connectivity index is 0. The number of carboxylic acids is 1. The van der Waals surface area contributed by atoms with Crippen molar-refractivity contribution in [1.82, 2.24) is 4.90 Å². The van der Waals surface area contributed by atoms with Crippen LogP contribution in [0.2, 0.25) is 0 Å². The molecule has 0 spiro atoms. The van der Waals surface area contributed by atoms with E-state index in [9.17, 15) is 14.7 Å². The summed E-state index contributed by atoms with van der Waals surface area (Å²) >= 11 is 0. The summed E-state index contributed by atoms with van der Waals surface area (Å²) < 4.78 is 0. The van der Waals surface area contributed by atoms with E-state index in [1.54, 1.807) is 6.08 Å². The Labute approximate surface area is 115 Å². The summed E-state index contributed by atoms with van der Waals surface area (Å²) in [4.78, 5) is 23.2. The quantitative estimate of drug-likeness (QED) is 0.283. The molecule has 0 fully saturated rings. The molecule has 17 heavy (non-hydrogen) atoms. The number of hydrogen-bond donors (Lipinski definition) is 0. The largest absolute Gasteiger partial charge is 1.00 e. The minimum Gasteiger partial charge on any atom is -0.548 e. The van der Waals surface area contributed by atoms with E-state index in [4.69, 9.17) is 0 Å². The topological polar surface area (TPSA) is 60.4 Å². The molecular formula is C12H20LiNO3. The summed E-state index contributed by atoms with van der Waals surface area (Å²) in [5.41, 5.74) is 0. The average Bonchev–Trinajstić information content (AvgIpc) is 2.26. The van der Waals surface area contributed by atoms with Crippen LogP contribution in [0.15, 0.2) is 12.2 Å². The molecule has 0 N–H and O–H groups in total. The van der Waals surface area contributed by atoms with Crippen molar-refractivity contribution in [3.05, 3.63) is 12.2 Å². The predicted octanol–water partition coefficient (Wildman–Crippen LogP) is -2.28. The number of carbonyl (C=O) groups excluding carboxylic acids is 2. The molecule has 0 saturated heterocycles. The number of rotatable bonds is 7. The fourth-order valence-electron chi connectivity index (χ4n) is 1.14. The zero-order valence-corrected chi connectivity index (χ0v) is 11.2. The van der Waals surface area contributed by atoms with Crippen LogP contribution < -0.4 is 24.0 Å². The first-order valence-electron chi connectivity index (χ1n) is 5.62. The Bertz CT molecular complexity index is 266. The first-order valence-corrected chi connectivity index (χ1v) is 5.62. The first kappa shape index (κ1) is 18.6. The van der Waals surface area contributed by atoms with E-state index < -0.39 is 12.0 Å². The Morgan fingerprint density at radius 3 is 2.41 bits per heavy atom. The summed E-state index contributed by atoms with van der Waals surface area (Å²) in [5.74, 6) is -1.43. The zero-order valence-electron chi connectivity index (χ0n) is 11.2. The normalized spacial score (nSPS) is 11.9. The second-order valence-corrected chi connectivity index (χ2v) is 3.82. The van der Waals surface area contributed by atoms with Crippen LogP contribution in [0.3, 0.4) is 0 Å². The van der Waals surface area contributed by atoms with Crippen LogP contribution >= 0.6 is 0 Å². The van der Waals surface area contributed by atoms with Gasteiger partial charge in [-0.15, -0.1) is 0 Å². The summed E-state index contributed by atoms with van der Waals surface area (Å²) in [5, 5.41) is 10.5. The predicted molar refractivity (Wildman–Crippen MR) is 60.5 cm³/mol. The van der Waals surface area contributed by atoms with Crippen molar-refractivity contribution in [2.45, 2.75) is 45.6 Å². The number of amides is 1. The number of likely N-dealkylation sites (N-methyl/N-ethyl adjacent to an activating group) is 1. The molecule has 0 radical (unpaired) electrons. The molecule has 0 rings (SSSR count). The van der Waals surface area contributed by atoms with Gasteiger partial charge < -0.3 is 14.8 Å². The van der Waals surface area contributed by atoms with Gasteiger partial charge >= 0.3 is 18.9 Å². The monoisotopic (exact) mass is 233 g/mol. The summed E-state index contributed by atoms with van der Waals surface area (Å²) in [6.45, 7) is 3.54. The molecule has 0 heterocycles. The molecule has 5 heteroatoms. The maximum atomic E-state index is 11.5. The van der Waals surface area contributed by atoms with Gasteiger partial charge in [-0.2, -0.15) is 0 Å². The zero-order chi connectivity index (χ0) is 12.6. The minimum atomic E-state index is -1.23. The summed E-state index contributed by atoms with van der Waals surface area (Å²) in [6, 6.07) is -0.878. The minimum absolute atomic E-state index is 0. The standard InChI is InChI=1S/C12H21NO3.Li/c1-4-5-6-7-8-9-11(14)13(3)10(2)12(15)16;/h7-8,10H,4-6,9H2,1-3H3,(H,15,16);/q;+1/p-1/b8-7+;. The molecule has 0 aliphatic heterocycles. The second kappa shape index (κ2) is 10.4. The van der Waals surface area contributed by atoms with Gasteiger partial charge in [0.25, 0.3) is 0 Å². The molecule has 0 aromatic carbocycles. The van der Waals surface area contributed by atoms with Crippen molar-refractivity contribution < 1.29 is 33.6 Å². The van der Waals surface area contributed by atoms with Crippen molar-refractivity contribution in [1.29, 1.82) is 0 Å². The first-order chi connectivity index (χ1) is 7.50. The molecule has 1 unspecified atom stereocenters. The Morgan fingerprint density at radius 2 is 1.94 bits per heavy atom. The van der Waals surface area contributed by atoms with Crippen molar-refractivity contribution >= 4 is 11.9 Å². The smallest absolute Gasteiger partial charge is 0.548 e. The summed E-state index contributed by atoms with van der Waals surface area (Å²) in [7, 11) is 1.47. The van der Waals surface area contributed by atoms with Crippen LogP contribution in [0.1, 0.15) is 39.5 Å². The number of hydrogen-bond acceptors (Lipinski definition) is 3. The number of aliphatic carboxylic acids is 1. The van der Waals surface area contributed by atoms with E-state index in [2.05, 4.69) is 6.92 Å². The molecular weight excluding hydrogens is 213 g/mol. The molecule has 92 valence electrons. The Morgan fingerprint density at radius 1 is 1.35 bits per heavy atom. The number of unbranched alkanes of at least 4 members (excludes halogenated alkanes) is 2. The van der Waals surface area contributed by atoms with Gasteiger partial charge in [-0.1, -0.05) is 31.9 Å². The number of carboxylic acid groups (broad SMARTS) is 1. The average molecular weight is 233 g/mol. The van der Waals surface area contributed by atoms with Crippen LogP contribution in [0.4, 0.5) is 0 Å². The van der Waals surface area contributed by atoms with Crippen LogP contribution in [0.25, 0.3) is 0 Å². The molecule has 0 aliphatic carbocycles. The van der Waals surface area contributed by atoms with Crippen molar-refractivity contribution in [3.63, 3.8) is 0 Å². The van der Waals surface area contributed by atoms with Gasteiger partial charge in [0, 0.05) is 13.5 Å². The van der Waals surface area contributed by atoms with Gasteiger partial charge in [-0.05, 0) is 13.3 Å². The fourth-order valence-corrected chi connectivity index (χ4v) is 1.14. The summed E-state index contributed by atoms with van der Waals surface area (Å²) in [6.07, 6.45) is 7.19. The third-order valence-electron chi connectivity index (χ3n) is 2.50. The van der Waals surface area contributed by atoms with E-state index in [-0.39, 0.29) is 31.2 Å². The van der Waals surface area contributed by atoms with E-state index in [0.717, 1.165) is 19.3 Å². The van der Waals surface area contributed by atoms with Crippen LogP contribution in [-0.4, -0.2) is 29.9 Å². The molecule has 0 saturated carbocycles. The van der Waals surface area contributed by atoms with E-state index in [1.165, 1.54) is 18.9 Å². The molecule has 1 atom stereocenters. The van der Waals surface area contributed by atoms with Gasteiger partial charge in [-0.3, -0.25) is 4.79 Å². The number of allylic oxidation sites excluding steroid dienone is 1. The third kappa shape index (κ3) is 8.06. The van der Waals surface area contributed by atoms with Gasteiger partial charge in [0.1, 0.15) is 0 Å². The van der Waals surface area contributed by atoms with Crippen molar-refractivity contribution in [2.75, 3.05) is 7.05 Å². The maximum Gasteiger partial charge on any atom is 1.00 e. The molecule has 0 aromatic heterocycles. The third-order valence-corrected chi connectivity index (χ3v) is 2.50. The van der Waals surface area contributed by atoms with E-state index in [0.29, 0.717) is 0 Å². The maximum absolute atomic E-state index is 11.5. The second-order valence-electron chi connectivity index (χ2n) is 3.82. The molecule has 0 aromatic rings. The number of carbonyl (C=O) groups is 2. The Kier molecular flexibility index (Phi) is 11.4. The number of nitrogens with zero attached hydrogens (tertiary/aromatic N) is 1. The van der Waals surface area contributed by atoms with Gasteiger partial charge in [0.15, 0.2) is 0 Å². The van der Waals surface area contributed by atoms with Crippen LogP contribution in [-0.2, 0) is 9.59 Å². The molecule has 0 bridgehead atoms. The molecule has 1 amide bonds. The fraction of sp³-hybridized carbons (Fsp3) is 0.667. The van der Waals surface area contributed by atoms with E-state index >= 15 is 0 Å². The van der Waals surface area contributed by atoms with Gasteiger partial charge in [0.05, 0.1) is 12.0 Å². The van der Waals surface area contributed by atoms with Gasteiger partial charge in [-0.25, -0.2) is 0 Å². The van der Waals surface area contributed by atoms with Gasteiger partial charge in [0.2, 0.25) is 5.91 Å². The van der Waals surface area contributed by atoms with Crippen LogP contribution in [0.5, 0.6) is 0 Å². The SMILES string of the molecule is CCCC/C=C/CC(=O)N(C)C(C)C(=O)[O-].[Li+]. The molecule has 0 aliphatic rings. The Hall–Kier alpha value is -0.723. The van der Waals surface area contributed by atoms with Crippen molar-refractivity contribution in [2.24, 2.45) is 0 Å².